The van der Waals surface area contributed by atoms with Crippen LogP contribution in [0.2, 0.25) is 0 Å². The molecule has 23 heavy (non-hydrogen) atoms. The number of Topliss-reactive ketones (excluding diaryl/α,β-unsaturated/α-hetero) is 2. The van der Waals surface area contributed by atoms with Crippen LogP contribution >= 0.6 is 0 Å². The Morgan fingerprint density at radius 2 is 2.00 bits per heavy atom. The van der Waals surface area contributed by atoms with Crippen LogP contribution in [0.4, 0.5) is 0 Å². The first-order valence-electron chi connectivity index (χ1n) is 8.44. The van der Waals surface area contributed by atoms with Crippen molar-refractivity contribution in [1.82, 2.24) is 0 Å². The zero-order chi connectivity index (χ0) is 16.3. The topological polar surface area (TPSA) is 55.7 Å². The first kappa shape index (κ1) is 15.9. The van der Waals surface area contributed by atoms with Crippen molar-refractivity contribution in [1.29, 1.82) is 0 Å². The SMILES string of the molecule is CCON=CCCC1C(=O)CC2(CCc3ccccc32)CC1=O. The van der Waals surface area contributed by atoms with Crippen LogP contribution in [0, 0.1) is 5.92 Å². The lowest BCUT2D eigenvalue weighted by molar-refractivity contribution is -0.138. The van der Waals surface area contributed by atoms with E-state index in [1.54, 1.807) is 6.21 Å². The number of ketones is 2. The Kier molecular flexibility index (Phi) is 4.60. The number of carbonyl (C=O) groups is 2. The standard InChI is InChI=1S/C19H23NO3/c1-2-23-20-11-5-7-15-17(21)12-19(13-18(15)22)10-9-14-6-3-4-8-16(14)19/h3-4,6,8,11,15H,2,5,7,9-10,12-13H2,1H3. The average molecular weight is 313 g/mol. The molecule has 2 aliphatic carbocycles. The predicted octanol–water partition coefficient (Wildman–Crippen LogP) is 3.22. The Labute approximate surface area is 136 Å². The van der Waals surface area contributed by atoms with Crippen LogP contribution < -0.4 is 0 Å². The number of carbonyl (C=O) groups excluding carboxylic acids is 2. The Morgan fingerprint density at radius 1 is 1.26 bits per heavy atom. The van der Waals surface area contributed by atoms with Gasteiger partial charge in [-0.25, -0.2) is 0 Å². The lowest BCUT2D eigenvalue weighted by Gasteiger charge is -2.36. The number of aryl methyl sites for hydroxylation is 1. The molecule has 3 rings (SSSR count). The highest BCUT2D eigenvalue weighted by atomic mass is 16.6. The van der Waals surface area contributed by atoms with Crippen molar-refractivity contribution in [3.8, 4) is 0 Å². The van der Waals surface area contributed by atoms with Gasteiger partial charge in [0.05, 0.1) is 5.92 Å². The molecule has 1 spiro atoms. The maximum absolute atomic E-state index is 12.6. The van der Waals surface area contributed by atoms with Gasteiger partial charge in [0.2, 0.25) is 0 Å². The van der Waals surface area contributed by atoms with Crippen molar-refractivity contribution in [2.75, 3.05) is 6.61 Å². The van der Waals surface area contributed by atoms with Gasteiger partial charge in [0.15, 0.2) is 0 Å². The van der Waals surface area contributed by atoms with Crippen molar-refractivity contribution in [3.05, 3.63) is 35.4 Å². The van der Waals surface area contributed by atoms with Crippen LogP contribution in [0.25, 0.3) is 0 Å². The summed E-state index contributed by atoms with van der Waals surface area (Å²) in [5, 5.41) is 3.78. The molecule has 0 N–H and O–H groups in total. The minimum Gasteiger partial charge on any atom is -0.396 e. The molecule has 4 heteroatoms. The molecule has 1 saturated carbocycles. The summed E-state index contributed by atoms with van der Waals surface area (Å²) in [7, 11) is 0. The van der Waals surface area contributed by atoms with Crippen molar-refractivity contribution in [3.63, 3.8) is 0 Å². The van der Waals surface area contributed by atoms with Crippen LogP contribution in [0.5, 0.6) is 0 Å². The highest BCUT2D eigenvalue weighted by Gasteiger charge is 2.48. The van der Waals surface area contributed by atoms with Gasteiger partial charge in [-0.15, -0.1) is 0 Å². The molecule has 1 aromatic carbocycles. The molecule has 0 atom stereocenters. The molecule has 0 aliphatic heterocycles. The summed E-state index contributed by atoms with van der Waals surface area (Å²) in [5.74, 6) is -0.257. The molecule has 0 bridgehead atoms. The van der Waals surface area contributed by atoms with E-state index in [1.807, 2.05) is 19.1 Å². The summed E-state index contributed by atoms with van der Waals surface area (Å²) in [4.78, 5) is 30.1. The van der Waals surface area contributed by atoms with Crippen LogP contribution in [-0.4, -0.2) is 24.4 Å². The Bertz CT molecular complexity index is 617. The summed E-state index contributed by atoms with van der Waals surface area (Å²) in [6.07, 6.45) is 5.70. The second-order valence-electron chi connectivity index (χ2n) is 6.56. The normalized spacial score (nSPS) is 26.9. The summed E-state index contributed by atoms with van der Waals surface area (Å²) in [6, 6.07) is 8.26. The van der Waals surface area contributed by atoms with Crippen molar-refractivity contribution in [2.24, 2.45) is 11.1 Å². The third-order valence-corrected chi connectivity index (χ3v) is 5.13. The molecular formula is C19H23NO3. The van der Waals surface area contributed by atoms with E-state index in [4.69, 9.17) is 4.84 Å². The van der Waals surface area contributed by atoms with Gasteiger partial charge in [-0.05, 0) is 43.7 Å². The number of oxime groups is 1. The van der Waals surface area contributed by atoms with Crippen LogP contribution in [0.15, 0.2) is 29.4 Å². The van der Waals surface area contributed by atoms with Gasteiger partial charge in [0.25, 0.3) is 0 Å². The van der Waals surface area contributed by atoms with Crippen molar-refractivity contribution >= 4 is 17.8 Å². The average Bonchev–Trinajstić information content (AvgIpc) is 2.88. The number of fused-ring (bicyclic) bond motifs is 2. The highest BCUT2D eigenvalue weighted by Crippen LogP contribution is 2.48. The van der Waals surface area contributed by atoms with E-state index in [0.717, 1.165) is 12.8 Å². The minimum absolute atomic E-state index is 0.0998. The number of rotatable bonds is 5. The fourth-order valence-corrected chi connectivity index (χ4v) is 4.03. The fourth-order valence-electron chi connectivity index (χ4n) is 4.03. The predicted molar refractivity (Wildman–Crippen MR) is 88.5 cm³/mol. The lowest BCUT2D eigenvalue weighted by Crippen LogP contribution is -2.42. The minimum atomic E-state index is -0.457. The summed E-state index contributed by atoms with van der Waals surface area (Å²) < 4.78 is 0. The molecule has 0 aromatic heterocycles. The molecule has 2 aliphatic rings. The van der Waals surface area contributed by atoms with Crippen LogP contribution in [0.3, 0.4) is 0 Å². The summed E-state index contributed by atoms with van der Waals surface area (Å²) in [5.41, 5.74) is 2.29. The largest absolute Gasteiger partial charge is 0.396 e. The molecule has 1 aromatic rings. The molecule has 4 nitrogen and oxygen atoms in total. The molecule has 0 heterocycles. The molecule has 122 valence electrons. The molecule has 0 saturated heterocycles. The van der Waals surface area contributed by atoms with E-state index in [0.29, 0.717) is 32.3 Å². The van der Waals surface area contributed by atoms with E-state index in [1.165, 1.54) is 11.1 Å². The monoisotopic (exact) mass is 313 g/mol. The van der Waals surface area contributed by atoms with E-state index in [9.17, 15) is 9.59 Å². The van der Waals surface area contributed by atoms with Gasteiger partial charge in [0, 0.05) is 24.5 Å². The summed E-state index contributed by atoms with van der Waals surface area (Å²) >= 11 is 0. The van der Waals surface area contributed by atoms with E-state index in [2.05, 4.69) is 17.3 Å². The van der Waals surface area contributed by atoms with Crippen molar-refractivity contribution < 1.29 is 14.4 Å². The van der Waals surface area contributed by atoms with Gasteiger partial charge < -0.3 is 4.84 Å². The zero-order valence-electron chi connectivity index (χ0n) is 13.6. The molecule has 0 amide bonds. The first-order chi connectivity index (χ1) is 11.2. The van der Waals surface area contributed by atoms with Crippen molar-refractivity contribution in [2.45, 2.75) is 50.9 Å². The lowest BCUT2D eigenvalue weighted by atomic mass is 9.65. The summed E-state index contributed by atoms with van der Waals surface area (Å²) in [6.45, 7) is 2.39. The fraction of sp³-hybridized carbons (Fsp3) is 0.526. The van der Waals surface area contributed by atoms with E-state index < -0.39 is 5.92 Å². The number of benzene rings is 1. The second-order valence-corrected chi connectivity index (χ2v) is 6.56. The van der Waals surface area contributed by atoms with Gasteiger partial charge in [-0.3, -0.25) is 9.59 Å². The number of nitrogens with zero attached hydrogens (tertiary/aromatic N) is 1. The highest BCUT2D eigenvalue weighted by molar-refractivity contribution is 6.06. The Balaban J connectivity index is 1.69. The van der Waals surface area contributed by atoms with Crippen LogP contribution in [0.1, 0.15) is 50.2 Å². The molecular weight excluding hydrogens is 290 g/mol. The number of hydrogen-bond acceptors (Lipinski definition) is 4. The smallest absolute Gasteiger partial charge is 0.144 e. The number of hydrogen-bond donors (Lipinski definition) is 0. The molecule has 1 fully saturated rings. The van der Waals surface area contributed by atoms with Gasteiger partial charge in [-0.2, -0.15) is 0 Å². The maximum atomic E-state index is 12.6. The maximum Gasteiger partial charge on any atom is 0.144 e. The molecule has 0 radical (unpaired) electrons. The second kappa shape index (κ2) is 6.65. The molecule has 0 unspecified atom stereocenters. The Morgan fingerprint density at radius 3 is 2.74 bits per heavy atom. The van der Waals surface area contributed by atoms with Gasteiger partial charge >= 0.3 is 0 Å². The third-order valence-electron chi connectivity index (χ3n) is 5.13. The quantitative estimate of drug-likeness (QED) is 0.476. The third kappa shape index (κ3) is 3.07. The Hall–Kier alpha value is -1.97. The zero-order valence-corrected chi connectivity index (χ0v) is 13.6. The first-order valence-corrected chi connectivity index (χ1v) is 8.44. The van der Waals surface area contributed by atoms with Gasteiger partial charge in [-0.1, -0.05) is 29.4 Å². The van der Waals surface area contributed by atoms with Gasteiger partial charge in [0.1, 0.15) is 18.2 Å². The van der Waals surface area contributed by atoms with Crippen LogP contribution in [-0.2, 0) is 26.3 Å². The van der Waals surface area contributed by atoms with E-state index in [-0.39, 0.29) is 17.0 Å². The van der Waals surface area contributed by atoms with E-state index >= 15 is 0 Å².